The molecule has 0 saturated heterocycles. The zero-order valence-electron chi connectivity index (χ0n) is 8.81. The van der Waals surface area contributed by atoms with E-state index < -0.39 is 0 Å². The molecular formula is C10H20N2O. The fraction of sp³-hybridized carbons (Fsp3) is 0.700. The average Bonchev–Trinajstić information content (AvgIpc) is 2.03. The number of nitrogens with one attached hydrogen (secondary N) is 2. The van der Waals surface area contributed by atoms with Crippen molar-refractivity contribution in [1.82, 2.24) is 10.6 Å². The first kappa shape index (κ1) is 12.2. The lowest BCUT2D eigenvalue weighted by atomic mass is 10.2. The largest absolute Gasteiger partial charge is 0.353 e. The summed E-state index contributed by atoms with van der Waals surface area (Å²) in [5, 5.41) is 5.87. The summed E-state index contributed by atoms with van der Waals surface area (Å²) in [6, 6.07) is 0.263. The second kappa shape index (κ2) is 6.66. The molecule has 1 atom stereocenters. The maximum atomic E-state index is 11.2. The summed E-state index contributed by atoms with van der Waals surface area (Å²) >= 11 is 0. The predicted molar refractivity (Wildman–Crippen MR) is 55.6 cm³/mol. The highest BCUT2D eigenvalue weighted by molar-refractivity contribution is 5.78. The average molecular weight is 184 g/mol. The van der Waals surface area contributed by atoms with Crippen LogP contribution in [0.4, 0.5) is 0 Å². The first-order chi connectivity index (χ1) is 6.06. The number of hydrogen-bond donors (Lipinski definition) is 2. The zero-order chi connectivity index (χ0) is 10.3. The molecular weight excluding hydrogens is 164 g/mol. The third-order valence-corrected chi connectivity index (χ3v) is 1.73. The summed E-state index contributed by atoms with van der Waals surface area (Å²) in [6.07, 6.45) is 0.965. The minimum Gasteiger partial charge on any atom is -0.353 e. The van der Waals surface area contributed by atoms with E-state index in [9.17, 15) is 4.79 Å². The molecule has 1 unspecified atom stereocenters. The molecule has 0 rings (SSSR count). The van der Waals surface area contributed by atoms with Crippen molar-refractivity contribution < 1.29 is 4.79 Å². The van der Waals surface area contributed by atoms with Crippen molar-refractivity contribution in [2.75, 3.05) is 13.1 Å². The number of amides is 1. The molecule has 0 spiro atoms. The van der Waals surface area contributed by atoms with Gasteiger partial charge in [-0.3, -0.25) is 4.79 Å². The van der Waals surface area contributed by atoms with E-state index in [2.05, 4.69) is 17.2 Å². The molecule has 13 heavy (non-hydrogen) atoms. The number of hydrogen-bond acceptors (Lipinski definition) is 2. The maximum absolute atomic E-state index is 11.2. The molecule has 76 valence electrons. The summed E-state index contributed by atoms with van der Waals surface area (Å²) in [6.45, 7) is 10.8. The van der Waals surface area contributed by atoms with Crippen LogP contribution < -0.4 is 10.6 Å². The van der Waals surface area contributed by atoms with Gasteiger partial charge >= 0.3 is 0 Å². The Morgan fingerprint density at radius 2 is 2.08 bits per heavy atom. The molecule has 0 aromatic heterocycles. The summed E-state index contributed by atoms with van der Waals surface area (Å²) in [4.78, 5) is 11.2. The molecule has 0 aromatic carbocycles. The third kappa shape index (κ3) is 7.53. The summed E-state index contributed by atoms with van der Waals surface area (Å²) < 4.78 is 0. The highest BCUT2D eigenvalue weighted by Gasteiger charge is 2.03. The van der Waals surface area contributed by atoms with Crippen molar-refractivity contribution >= 4 is 5.91 Å². The van der Waals surface area contributed by atoms with Crippen LogP contribution in [0, 0.1) is 0 Å². The first-order valence-electron chi connectivity index (χ1n) is 4.70. The Bertz CT molecular complexity index is 178. The topological polar surface area (TPSA) is 41.1 Å². The van der Waals surface area contributed by atoms with Crippen LogP contribution in [-0.4, -0.2) is 25.0 Å². The van der Waals surface area contributed by atoms with Gasteiger partial charge in [-0.2, -0.15) is 0 Å². The van der Waals surface area contributed by atoms with Crippen LogP contribution in [0.25, 0.3) is 0 Å². The van der Waals surface area contributed by atoms with Gasteiger partial charge in [0.1, 0.15) is 0 Å². The van der Waals surface area contributed by atoms with Crippen molar-refractivity contribution in [2.24, 2.45) is 0 Å². The van der Waals surface area contributed by atoms with Crippen molar-refractivity contribution in [2.45, 2.75) is 33.2 Å². The van der Waals surface area contributed by atoms with Gasteiger partial charge in [0.25, 0.3) is 0 Å². The number of carbonyl (C=O) groups excluding carboxylic acids is 1. The molecule has 0 fully saturated rings. The Hall–Kier alpha value is -0.830. The Morgan fingerprint density at radius 3 is 2.54 bits per heavy atom. The molecule has 0 radical (unpaired) electrons. The molecule has 0 bridgehead atoms. The quantitative estimate of drug-likeness (QED) is 0.606. The standard InChI is InChI=1S/C10H20N2O/c1-5-9(4)12-10(13)7-11-6-8(2)3/h9,11H,2,5-7H2,1,3-4H3,(H,12,13). The van der Waals surface area contributed by atoms with Crippen LogP contribution in [0.2, 0.25) is 0 Å². The minimum atomic E-state index is 0.0515. The molecule has 0 aliphatic heterocycles. The highest BCUT2D eigenvalue weighted by atomic mass is 16.1. The van der Waals surface area contributed by atoms with E-state index in [0.29, 0.717) is 13.1 Å². The fourth-order valence-electron chi connectivity index (χ4n) is 0.817. The smallest absolute Gasteiger partial charge is 0.234 e. The Balaban J connectivity index is 3.46. The monoisotopic (exact) mass is 184 g/mol. The van der Waals surface area contributed by atoms with Gasteiger partial charge in [-0.05, 0) is 20.3 Å². The second-order valence-electron chi connectivity index (χ2n) is 3.44. The van der Waals surface area contributed by atoms with Gasteiger partial charge in [0.15, 0.2) is 0 Å². The van der Waals surface area contributed by atoms with Crippen LogP contribution in [0.15, 0.2) is 12.2 Å². The first-order valence-corrected chi connectivity index (χ1v) is 4.70. The fourth-order valence-corrected chi connectivity index (χ4v) is 0.817. The van der Waals surface area contributed by atoms with Gasteiger partial charge in [-0.15, -0.1) is 0 Å². The lowest BCUT2D eigenvalue weighted by molar-refractivity contribution is -0.120. The molecule has 0 heterocycles. The Kier molecular flexibility index (Phi) is 6.24. The van der Waals surface area contributed by atoms with Crippen LogP contribution in [0.5, 0.6) is 0 Å². The van der Waals surface area contributed by atoms with Crippen molar-refractivity contribution in [1.29, 1.82) is 0 Å². The van der Waals surface area contributed by atoms with Gasteiger partial charge in [0.2, 0.25) is 5.91 Å². The van der Waals surface area contributed by atoms with E-state index >= 15 is 0 Å². The van der Waals surface area contributed by atoms with Crippen molar-refractivity contribution in [3.8, 4) is 0 Å². The molecule has 2 N–H and O–H groups in total. The maximum Gasteiger partial charge on any atom is 0.234 e. The van der Waals surface area contributed by atoms with Crippen LogP contribution in [0.3, 0.4) is 0 Å². The number of rotatable bonds is 6. The normalized spacial score (nSPS) is 12.2. The van der Waals surface area contributed by atoms with Gasteiger partial charge < -0.3 is 10.6 Å². The van der Waals surface area contributed by atoms with E-state index in [-0.39, 0.29) is 11.9 Å². The van der Waals surface area contributed by atoms with Crippen molar-refractivity contribution in [3.05, 3.63) is 12.2 Å². The molecule has 0 aromatic rings. The van der Waals surface area contributed by atoms with Crippen LogP contribution in [0.1, 0.15) is 27.2 Å². The Morgan fingerprint density at radius 1 is 1.46 bits per heavy atom. The van der Waals surface area contributed by atoms with Crippen LogP contribution >= 0.6 is 0 Å². The van der Waals surface area contributed by atoms with Crippen molar-refractivity contribution in [3.63, 3.8) is 0 Å². The van der Waals surface area contributed by atoms with E-state index in [1.165, 1.54) is 0 Å². The van der Waals surface area contributed by atoms with E-state index in [4.69, 9.17) is 0 Å². The molecule has 3 nitrogen and oxygen atoms in total. The number of carbonyl (C=O) groups is 1. The van der Waals surface area contributed by atoms with Crippen LogP contribution in [-0.2, 0) is 4.79 Å². The summed E-state index contributed by atoms with van der Waals surface area (Å²) in [5.74, 6) is 0.0515. The van der Waals surface area contributed by atoms with Gasteiger partial charge in [0.05, 0.1) is 6.54 Å². The summed E-state index contributed by atoms with van der Waals surface area (Å²) in [5.41, 5.74) is 1.04. The minimum absolute atomic E-state index is 0.0515. The lowest BCUT2D eigenvalue weighted by Crippen LogP contribution is -2.39. The second-order valence-corrected chi connectivity index (χ2v) is 3.44. The van der Waals surface area contributed by atoms with E-state index in [1.807, 2.05) is 20.8 Å². The van der Waals surface area contributed by atoms with E-state index in [0.717, 1.165) is 12.0 Å². The third-order valence-electron chi connectivity index (χ3n) is 1.73. The van der Waals surface area contributed by atoms with E-state index in [1.54, 1.807) is 0 Å². The predicted octanol–water partition coefficient (Wildman–Crippen LogP) is 1.07. The molecule has 0 aliphatic carbocycles. The van der Waals surface area contributed by atoms with Gasteiger partial charge in [-0.25, -0.2) is 0 Å². The molecule has 0 saturated carbocycles. The zero-order valence-corrected chi connectivity index (χ0v) is 8.81. The molecule has 0 aliphatic rings. The lowest BCUT2D eigenvalue weighted by Gasteiger charge is -2.11. The van der Waals surface area contributed by atoms with Gasteiger partial charge in [-0.1, -0.05) is 19.1 Å². The Labute approximate surface area is 80.6 Å². The highest BCUT2D eigenvalue weighted by Crippen LogP contribution is 1.86. The van der Waals surface area contributed by atoms with Gasteiger partial charge in [0, 0.05) is 12.6 Å². The SMILES string of the molecule is C=C(C)CNCC(=O)NC(C)CC. The molecule has 3 heteroatoms. The molecule has 1 amide bonds. The summed E-state index contributed by atoms with van der Waals surface area (Å²) in [7, 11) is 0.